The SMILES string of the molecule is CCC(=O)Cc1cc(C(C)NC(=O)c2ccc(OCC(F)(F)F)cc2)ccn1. The zero-order valence-corrected chi connectivity index (χ0v) is 15.5. The summed E-state index contributed by atoms with van der Waals surface area (Å²) < 4.78 is 41.1. The molecule has 5 nitrogen and oxygen atoms in total. The van der Waals surface area contributed by atoms with Crippen LogP contribution in [0, 0.1) is 0 Å². The first-order valence-corrected chi connectivity index (χ1v) is 8.75. The van der Waals surface area contributed by atoms with Crippen LogP contribution in [0.2, 0.25) is 0 Å². The summed E-state index contributed by atoms with van der Waals surface area (Å²) in [5.74, 6) is -0.270. The largest absolute Gasteiger partial charge is 0.484 e. The van der Waals surface area contributed by atoms with Gasteiger partial charge in [0.1, 0.15) is 11.5 Å². The van der Waals surface area contributed by atoms with Crippen LogP contribution in [0.5, 0.6) is 5.75 Å². The second kappa shape index (κ2) is 9.34. The van der Waals surface area contributed by atoms with Crippen LogP contribution in [0.15, 0.2) is 42.6 Å². The molecular weight excluding hydrogens is 373 g/mol. The number of halogens is 3. The third-order valence-corrected chi connectivity index (χ3v) is 3.98. The summed E-state index contributed by atoms with van der Waals surface area (Å²) in [4.78, 5) is 28.1. The van der Waals surface area contributed by atoms with Crippen molar-refractivity contribution in [2.45, 2.75) is 38.9 Å². The highest BCUT2D eigenvalue weighted by molar-refractivity contribution is 5.94. The minimum Gasteiger partial charge on any atom is -0.484 e. The Bertz CT molecular complexity index is 820. The van der Waals surface area contributed by atoms with Crippen LogP contribution in [0.25, 0.3) is 0 Å². The van der Waals surface area contributed by atoms with E-state index in [4.69, 9.17) is 0 Å². The molecule has 28 heavy (non-hydrogen) atoms. The van der Waals surface area contributed by atoms with Crippen molar-refractivity contribution >= 4 is 11.7 Å². The molecule has 0 spiro atoms. The van der Waals surface area contributed by atoms with E-state index in [1.54, 1.807) is 32.2 Å². The lowest BCUT2D eigenvalue weighted by Gasteiger charge is -2.15. The van der Waals surface area contributed by atoms with Crippen molar-refractivity contribution in [1.82, 2.24) is 10.3 Å². The molecule has 0 radical (unpaired) electrons. The van der Waals surface area contributed by atoms with Gasteiger partial charge in [0.25, 0.3) is 5.91 Å². The van der Waals surface area contributed by atoms with Gasteiger partial charge in [-0.1, -0.05) is 6.92 Å². The number of ether oxygens (including phenoxy) is 1. The molecule has 2 rings (SSSR count). The first-order valence-electron chi connectivity index (χ1n) is 8.75. The molecule has 1 aromatic heterocycles. The molecule has 1 heterocycles. The topological polar surface area (TPSA) is 68.3 Å². The average Bonchev–Trinajstić information content (AvgIpc) is 2.66. The van der Waals surface area contributed by atoms with Crippen molar-refractivity contribution in [1.29, 1.82) is 0 Å². The first-order chi connectivity index (χ1) is 13.2. The lowest BCUT2D eigenvalue weighted by Crippen LogP contribution is -2.26. The van der Waals surface area contributed by atoms with Gasteiger partial charge in [-0.05, 0) is 48.9 Å². The molecule has 150 valence electrons. The third kappa shape index (κ3) is 6.68. The van der Waals surface area contributed by atoms with E-state index in [1.165, 1.54) is 24.3 Å². The number of Topliss-reactive ketones (excluding diaryl/α,β-unsaturated/α-hetero) is 1. The van der Waals surface area contributed by atoms with Gasteiger partial charge in [-0.25, -0.2) is 0 Å². The van der Waals surface area contributed by atoms with Gasteiger partial charge < -0.3 is 10.1 Å². The number of nitrogens with one attached hydrogen (secondary N) is 1. The van der Waals surface area contributed by atoms with E-state index in [1.807, 2.05) is 0 Å². The summed E-state index contributed by atoms with van der Waals surface area (Å²) in [5.41, 5.74) is 1.73. The monoisotopic (exact) mass is 394 g/mol. The lowest BCUT2D eigenvalue weighted by atomic mass is 10.1. The maximum atomic E-state index is 12.4. The molecular formula is C20H21F3N2O3. The van der Waals surface area contributed by atoms with Crippen molar-refractivity contribution < 1.29 is 27.5 Å². The van der Waals surface area contributed by atoms with E-state index in [2.05, 4.69) is 15.0 Å². The molecule has 1 amide bonds. The van der Waals surface area contributed by atoms with Gasteiger partial charge in [-0.2, -0.15) is 13.2 Å². The molecule has 2 aromatic rings. The smallest absolute Gasteiger partial charge is 0.422 e. The molecule has 1 atom stereocenters. The fourth-order valence-electron chi connectivity index (χ4n) is 2.42. The zero-order valence-electron chi connectivity index (χ0n) is 15.5. The average molecular weight is 394 g/mol. The van der Waals surface area contributed by atoms with E-state index in [0.29, 0.717) is 17.7 Å². The summed E-state index contributed by atoms with van der Waals surface area (Å²) in [6.07, 6.45) is -2.16. The van der Waals surface area contributed by atoms with Crippen molar-refractivity contribution in [2.24, 2.45) is 0 Å². The van der Waals surface area contributed by atoms with Gasteiger partial charge in [-0.3, -0.25) is 14.6 Å². The normalized spacial score (nSPS) is 12.3. The number of nitrogens with zero attached hydrogens (tertiary/aromatic N) is 1. The number of hydrogen-bond acceptors (Lipinski definition) is 4. The maximum absolute atomic E-state index is 12.4. The van der Waals surface area contributed by atoms with Gasteiger partial charge in [0.15, 0.2) is 6.61 Å². The van der Waals surface area contributed by atoms with Crippen molar-refractivity contribution in [3.8, 4) is 5.75 Å². The molecule has 0 fully saturated rings. The van der Waals surface area contributed by atoms with Gasteiger partial charge >= 0.3 is 6.18 Å². The Labute approximate surface area is 160 Å². The number of rotatable bonds is 8. The van der Waals surface area contributed by atoms with Gasteiger partial charge in [0.2, 0.25) is 0 Å². The minimum atomic E-state index is -4.42. The molecule has 0 aliphatic heterocycles. The highest BCUT2D eigenvalue weighted by atomic mass is 19.4. The summed E-state index contributed by atoms with van der Waals surface area (Å²) >= 11 is 0. The zero-order chi connectivity index (χ0) is 20.7. The van der Waals surface area contributed by atoms with Crippen LogP contribution in [-0.2, 0) is 11.2 Å². The highest BCUT2D eigenvalue weighted by Gasteiger charge is 2.28. The highest BCUT2D eigenvalue weighted by Crippen LogP contribution is 2.19. The first kappa shape index (κ1) is 21.4. The number of ketones is 1. The predicted octanol–water partition coefficient (Wildman–Crippen LogP) is 4.04. The van der Waals surface area contributed by atoms with E-state index in [-0.39, 0.29) is 29.9 Å². The Balaban J connectivity index is 1.98. The Morgan fingerprint density at radius 2 is 1.86 bits per heavy atom. The van der Waals surface area contributed by atoms with Crippen LogP contribution in [0.4, 0.5) is 13.2 Å². The molecule has 8 heteroatoms. The predicted molar refractivity (Wildman–Crippen MR) is 97.1 cm³/mol. The summed E-state index contributed by atoms with van der Waals surface area (Å²) in [5, 5.41) is 2.81. The standard InChI is InChI=1S/C20H21F3N2O3/c1-3-17(26)11-16-10-15(8-9-24-16)13(2)25-19(27)14-4-6-18(7-5-14)28-12-20(21,22)23/h4-10,13H,3,11-12H2,1-2H3,(H,25,27). The molecule has 1 aromatic carbocycles. The Hall–Kier alpha value is -2.90. The molecule has 0 saturated heterocycles. The van der Waals surface area contributed by atoms with Crippen molar-refractivity contribution in [2.75, 3.05) is 6.61 Å². The van der Waals surface area contributed by atoms with Crippen molar-refractivity contribution in [3.05, 3.63) is 59.4 Å². The van der Waals surface area contributed by atoms with Gasteiger partial charge in [0.05, 0.1) is 6.04 Å². The molecule has 0 aliphatic rings. The van der Waals surface area contributed by atoms with Crippen LogP contribution < -0.4 is 10.1 Å². The number of benzene rings is 1. The molecule has 0 bridgehead atoms. The number of alkyl halides is 3. The Kier molecular flexibility index (Phi) is 7.14. The number of hydrogen-bond donors (Lipinski definition) is 1. The van der Waals surface area contributed by atoms with Gasteiger partial charge in [-0.15, -0.1) is 0 Å². The maximum Gasteiger partial charge on any atom is 0.422 e. The number of amides is 1. The molecule has 0 aliphatic carbocycles. The van der Waals surface area contributed by atoms with Crippen LogP contribution in [0.3, 0.4) is 0 Å². The van der Waals surface area contributed by atoms with Crippen molar-refractivity contribution in [3.63, 3.8) is 0 Å². The van der Waals surface area contributed by atoms with Gasteiger partial charge in [0, 0.05) is 30.3 Å². The molecule has 1 unspecified atom stereocenters. The van der Waals surface area contributed by atoms with E-state index in [0.717, 1.165) is 5.56 Å². The van der Waals surface area contributed by atoms with Crippen LogP contribution in [-0.4, -0.2) is 29.5 Å². The Morgan fingerprint density at radius 3 is 2.46 bits per heavy atom. The van der Waals surface area contributed by atoms with E-state index < -0.39 is 12.8 Å². The summed E-state index contributed by atoms with van der Waals surface area (Å²) in [7, 11) is 0. The molecule has 1 N–H and O–H groups in total. The summed E-state index contributed by atoms with van der Waals surface area (Å²) in [6.45, 7) is 2.19. The third-order valence-electron chi connectivity index (χ3n) is 3.98. The van der Waals surface area contributed by atoms with E-state index in [9.17, 15) is 22.8 Å². The molecule has 0 saturated carbocycles. The minimum absolute atomic E-state index is 0.0290. The fraction of sp³-hybridized carbons (Fsp3) is 0.350. The van der Waals surface area contributed by atoms with E-state index >= 15 is 0 Å². The second-order valence-corrected chi connectivity index (χ2v) is 6.27. The Morgan fingerprint density at radius 1 is 1.18 bits per heavy atom. The number of pyridine rings is 1. The number of carbonyl (C=O) groups excluding carboxylic acids is 2. The lowest BCUT2D eigenvalue weighted by molar-refractivity contribution is -0.153. The van der Waals surface area contributed by atoms with Crippen LogP contribution >= 0.6 is 0 Å². The van der Waals surface area contributed by atoms with Crippen LogP contribution in [0.1, 0.15) is 47.9 Å². The number of carbonyl (C=O) groups is 2. The fourth-order valence-corrected chi connectivity index (χ4v) is 2.42. The quantitative estimate of drug-likeness (QED) is 0.734. The summed E-state index contributed by atoms with van der Waals surface area (Å²) in [6, 6.07) is 8.59. The second-order valence-electron chi connectivity index (χ2n) is 6.27. The number of aromatic nitrogens is 1.